The molecule has 0 aliphatic carbocycles. The number of benzene rings is 1. The average molecular weight is 442 g/mol. The van der Waals surface area contributed by atoms with Crippen LogP contribution >= 0.6 is 46.3 Å². The minimum Gasteiger partial charge on any atom is -0.306 e. The summed E-state index contributed by atoms with van der Waals surface area (Å²) in [5, 5.41) is 15.2. The highest BCUT2D eigenvalue weighted by Crippen LogP contribution is 2.32. The Morgan fingerprint density at radius 2 is 2.15 bits per heavy atom. The van der Waals surface area contributed by atoms with Crippen LogP contribution in [0.1, 0.15) is 19.2 Å². The molecule has 2 heterocycles. The van der Waals surface area contributed by atoms with E-state index in [1.807, 2.05) is 22.9 Å². The standard InChI is InChI=1S/C17H17Cl2N5OS2/c1-3-6-24-10(2)22-23-17(24)27-9-15(25)21-16-20-14(8-26-16)12-5-4-11(18)7-13(12)19/h4-5,7-8H,3,6,9H2,1-2H3,(H,20,21,25). The van der Waals surface area contributed by atoms with Crippen molar-refractivity contribution in [2.45, 2.75) is 32.0 Å². The smallest absolute Gasteiger partial charge is 0.236 e. The van der Waals surface area contributed by atoms with Gasteiger partial charge in [0.05, 0.1) is 16.5 Å². The summed E-state index contributed by atoms with van der Waals surface area (Å²) in [7, 11) is 0. The van der Waals surface area contributed by atoms with E-state index in [1.165, 1.54) is 23.1 Å². The fourth-order valence-corrected chi connectivity index (χ4v) is 4.43. The molecule has 27 heavy (non-hydrogen) atoms. The second-order valence-corrected chi connectivity index (χ2v) is 8.32. The lowest BCUT2D eigenvalue weighted by Crippen LogP contribution is -2.14. The number of hydrogen-bond donors (Lipinski definition) is 1. The second kappa shape index (κ2) is 9.05. The van der Waals surface area contributed by atoms with E-state index in [-0.39, 0.29) is 11.7 Å². The summed E-state index contributed by atoms with van der Waals surface area (Å²) in [6, 6.07) is 5.23. The largest absolute Gasteiger partial charge is 0.306 e. The van der Waals surface area contributed by atoms with Crippen molar-refractivity contribution in [3.8, 4) is 11.3 Å². The van der Waals surface area contributed by atoms with Crippen LogP contribution in [-0.2, 0) is 11.3 Å². The first kappa shape index (κ1) is 20.1. The van der Waals surface area contributed by atoms with E-state index in [1.54, 1.807) is 12.1 Å². The number of nitrogens with zero attached hydrogens (tertiary/aromatic N) is 4. The molecule has 1 aromatic carbocycles. The highest BCUT2D eigenvalue weighted by atomic mass is 35.5. The molecule has 3 aromatic rings. The van der Waals surface area contributed by atoms with Crippen LogP contribution in [0.2, 0.25) is 10.0 Å². The van der Waals surface area contributed by atoms with E-state index < -0.39 is 0 Å². The molecule has 0 radical (unpaired) electrons. The molecule has 1 N–H and O–H groups in total. The van der Waals surface area contributed by atoms with E-state index >= 15 is 0 Å². The highest BCUT2D eigenvalue weighted by molar-refractivity contribution is 7.99. The summed E-state index contributed by atoms with van der Waals surface area (Å²) in [6.45, 7) is 4.83. The molecule has 0 spiro atoms. The quantitative estimate of drug-likeness (QED) is 0.512. The molecule has 6 nitrogen and oxygen atoms in total. The van der Waals surface area contributed by atoms with Gasteiger partial charge in [0.2, 0.25) is 5.91 Å². The molecule has 3 rings (SSSR count). The van der Waals surface area contributed by atoms with Gasteiger partial charge in [0.25, 0.3) is 0 Å². The summed E-state index contributed by atoms with van der Waals surface area (Å²) in [4.78, 5) is 16.7. The van der Waals surface area contributed by atoms with E-state index in [0.29, 0.717) is 20.9 Å². The van der Waals surface area contributed by atoms with Crippen molar-refractivity contribution >= 4 is 57.3 Å². The number of amides is 1. The van der Waals surface area contributed by atoms with Crippen molar-refractivity contribution in [3.05, 3.63) is 39.4 Å². The van der Waals surface area contributed by atoms with Crippen molar-refractivity contribution in [3.63, 3.8) is 0 Å². The normalized spacial score (nSPS) is 11.0. The monoisotopic (exact) mass is 441 g/mol. The van der Waals surface area contributed by atoms with Gasteiger partial charge in [0.15, 0.2) is 10.3 Å². The number of rotatable bonds is 7. The molecule has 0 aliphatic rings. The first-order valence-corrected chi connectivity index (χ1v) is 10.8. The van der Waals surface area contributed by atoms with Crippen LogP contribution in [0.3, 0.4) is 0 Å². The van der Waals surface area contributed by atoms with Crippen LogP contribution in [0.25, 0.3) is 11.3 Å². The molecule has 0 unspecified atom stereocenters. The molecule has 10 heteroatoms. The molecule has 2 aromatic heterocycles. The molecule has 0 atom stereocenters. The predicted molar refractivity (Wildman–Crippen MR) is 112 cm³/mol. The third kappa shape index (κ3) is 5.01. The van der Waals surface area contributed by atoms with Gasteiger partial charge in [0, 0.05) is 22.5 Å². The molecular formula is C17H17Cl2N5OS2. The topological polar surface area (TPSA) is 72.7 Å². The number of thioether (sulfide) groups is 1. The van der Waals surface area contributed by atoms with Gasteiger partial charge >= 0.3 is 0 Å². The van der Waals surface area contributed by atoms with Gasteiger partial charge in [-0.25, -0.2) is 4.98 Å². The fourth-order valence-electron chi connectivity index (χ4n) is 2.39. The second-order valence-electron chi connectivity index (χ2n) is 5.68. The Balaban J connectivity index is 1.61. The Kier molecular flexibility index (Phi) is 6.75. The van der Waals surface area contributed by atoms with Gasteiger partial charge in [-0.15, -0.1) is 21.5 Å². The van der Waals surface area contributed by atoms with Gasteiger partial charge in [-0.1, -0.05) is 41.9 Å². The maximum atomic E-state index is 12.3. The minimum atomic E-state index is -0.146. The zero-order valence-electron chi connectivity index (χ0n) is 14.7. The van der Waals surface area contributed by atoms with E-state index in [2.05, 4.69) is 27.4 Å². The maximum Gasteiger partial charge on any atom is 0.236 e. The number of nitrogens with one attached hydrogen (secondary N) is 1. The van der Waals surface area contributed by atoms with E-state index in [0.717, 1.165) is 29.5 Å². The SMILES string of the molecule is CCCn1c(C)nnc1SCC(=O)Nc1nc(-c2ccc(Cl)cc2Cl)cs1. The van der Waals surface area contributed by atoms with Crippen molar-refractivity contribution in [1.29, 1.82) is 0 Å². The lowest BCUT2D eigenvalue weighted by atomic mass is 10.2. The third-order valence-corrected chi connectivity index (χ3v) is 5.91. The molecule has 0 saturated heterocycles. The number of thiazole rings is 1. The van der Waals surface area contributed by atoms with Crippen LogP contribution in [0, 0.1) is 6.92 Å². The number of hydrogen-bond acceptors (Lipinski definition) is 6. The van der Waals surface area contributed by atoms with Crippen molar-refractivity contribution in [2.24, 2.45) is 0 Å². The van der Waals surface area contributed by atoms with E-state index in [9.17, 15) is 4.79 Å². The lowest BCUT2D eigenvalue weighted by Gasteiger charge is -2.06. The maximum absolute atomic E-state index is 12.3. The van der Waals surface area contributed by atoms with Crippen molar-refractivity contribution < 1.29 is 4.79 Å². The summed E-state index contributed by atoms with van der Waals surface area (Å²) < 4.78 is 2.02. The Hall–Kier alpha value is -1.61. The Morgan fingerprint density at radius 1 is 1.33 bits per heavy atom. The first-order chi connectivity index (χ1) is 13.0. The lowest BCUT2D eigenvalue weighted by molar-refractivity contribution is -0.113. The fraction of sp³-hybridized carbons (Fsp3) is 0.294. The van der Waals surface area contributed by atoms with Crippen LogP contribution in [0.5, 0.6) is 0 Å². The molecule has 1 amide bonds. The number of aromatic nitrogens is 4. The molecule has 0 bridgehead atoms. The summed E-state index contributed by atoms with van der Waals surface area (Å²) in [5.74, 6) is 0.939. The summed E-state index contributed by atoms with van der Waals surface area (Å²) >= 11 is 14.8. The molecule has 0 aliphatic heterocycles. The number of carbonyl (C=O) groups is 1. The van der Waals surface area contributed by atoms with Crippen LogP contribution in [0.15, 0.2) is 28.7 Å². The van der Waals surface area contributed by atoms with Gasteiger partial charge in [-0.05, 0) is 31.5 Å². The third-order valence-electron chi connectivity index (χ3n) is 3.64. The average Bonchev–Trinajstić information content (AvgIpc) is 3.21. The van der Waals surface area contributed by atoms with Gasteiger partial charge in [-0.3, -0.25) is 4.79 Å². The van der Waals surface area contributed by atoms with Gasteiger partial charge in [0.1, 0.15) is 5.82 Å². The van der Waals surface area contributed by atoms with Crippen molar-refractivity contribution in [1.82, 2.24) is 19.7 Å². The van der Waals surface area contributed by atoms with E-state index in [4.69, 9.17) is 23.2 Å². The number of aryl methyl sites for hydroxylation is 1. The zero-order chi connectivity index (χ0) is 19.4. The predicted octanol–water partition coefficient (Wildman–Crippen LogP) is 5.16. The van der Waals surface area contributed by atoms with Crippen molar-refractivity contribution in [2.75, 3.05) is 11.1 Å². The minimum absolute atomic E-state index is 0.146. The Labute approximate surface area is 175 Å². The van der Waals surface area contributed by atoms with Gasteiger partial charge in [-0.2, -0.15) is 0 Å². The Morgan fingerprint density at radius 3 is 2.89 bits per heavy atom. The highest BCUT2D eigenvalue weighted by Gasteiger charge is 2.14. The van der Waals surface area contributed by atoms with Crippen LogP contribution in [-0.4, -0.2) is 31.4 Å². The molecule has 142 valence electrons. The molecule has 0 saturated carbocycles. The molecular weight excluding hydrogens is 425 g/mol. The number of anilines is 1. The summed E-state index contributed by atoms with van der Waals surface area (Å²) in [5.41, 5.74) is 1.47. The van der Waals surface area contributed by atoms with Crippen LogP contribution in [0.4, 0.5) is 5.13 Å². The first-order valence-electron chi connectivity index (χ1n) is 8.21. The number of carbonyl (C=O) groups excluding carboxylic acids is 1. The Bertz CT molecular complexity index is 957. The number of halogens is 2. The summed E-state index contributed by atoms with van der Waals surface area (Å²) in [6.07, 6.45) is 0.980. The van der Waals surface area contributed by atoms with Crippen LogP contribution < -0.4 is 5.32 Å². The zero-order valence-corrected chi connectivity index (χ0v) is 17.8. The molecule has 0 fully saturated rings. The van der Waals surface area contributed by atoms with Gasteiger partial charge < -0.3 is 9.88 Å².